The number of rotatable bonds is 2. The third-order valence-corrected chi connectivity index (χ3v) is 1.87. The predicted molar refractivity (Wildman–Crippen MR) is 44.1 cm³/mol. The molecule has 5 heteroatoms. The molecule has 0 aliphatic carbocycles. The fraction of sp³-hybridized carbons (Fsp3) is 0.222. The Bertz CT molecular complexity index is 353. The molecule has 1 aromatic rings. The Labute approximate surface area is 78.6 Å². The van der Waals surface area contributed by atoms with Gasteiger partial charge in [0.25, 0.3) is 0 Å². The van der Waals surface area contributed by atoms with Crippen LogP contribution in [0.3, 0.4) is 0 Å². The third-order valence-electron chi connectivity index (χ3n) is 1.87. The largest absolute Gasteiger partial charge is 0.508 e. The summed E-state index contributed by atoms with van der Waals surface area (Å²) in [5.41, 5.74) is -0.546. The molecule has 0 aliphatic heterocycles. The van der Waals surface area contributed by atoms with Gasteiger partial charge < -0.3 is 10.2 Å². The van der Waals surface area contributed by atoms with Crippen molar-refractivity contribution < 1.29 is 23.8 Å². The fourth-order valence-corrected chi connectivity index (χ4v) is 1.11. The summed E-state index contributed by atoms with van der Waals surface area (Å²) in [4.78, 5) is 10.5. The monoisotopic (exact) mass is 202 g/mol. The molecule has 3 nitrogen and oxygen atoms in total. The zero-order valence-electron chi connectivity index (χ0n) is 7.29. The van der Waals surface area contributed by atoms with Gasteiger partial charge in [-0.05, 0) is 6.92 Å². The van der Waals surface area contributed by atoms with Crippen LogP contribution in [-0.2, 0) is 4.79 Å². The first-order valence-electron chi connectivity index (χ1n) is 3.84. The molecule has 0 spiro atoms. The summed E-state index contributed by atoms with van der Waals surface area (Å²) in [6.07, 6.45) is 0. The summed E-state index contributed by atoms with van der Waals surface area (Å²) in [6.45, 7) is 1.17. The number of carboxylic acid groups (broad SMARTS) is 1. The fourth-order valence-electron chi connectivity index (χ4n) is 1.11. The minimum absolute atomic E-state index is 0.546. The Morgan fingerprint density at radius 3 is 2.14 bits per heavy atom. The number of phenols is 1. The van der Waals surface area contributed by atoms with E-state index >= 15 is 0 Å². The van der Waals surface area contributed by atoms with Crippen molar-refractivity contribution in [3.8, 4) is 5.75 Å². The first kappa shape index (κ1) is 10.4. The van der Waals surface area contributed by atoms with Gasteiger partial charge in [0.05, 0.1) is 5.92 Å². The molecule has 0 fully saturated rings. The Hall–Kier alpha value is -1.65. The van der Waals surface area contributed by atoms with Gasteiger partial charge in [-0.2, -0.15) is 0 Å². The van der Waals surface area contributed by atoms with Gasteiger partial charge in [0.1, 0.15) is 17.4 Å². The van der Waals surface area contributed by atoms with Gasteiger partial charge in [-0.1, -0.05) is 0 Å². The van der Waals surface area contributed by atoms with Crippen molar-refractivity contribution >= 4 is 5.97 Å². The predicted octanol–water partition coefficient (Wildman–Crippen LogP) is 1.86. The number of halogens is 2. The molecule has 1 atom stereocenters. The Balaban J connectivity index is 3.27. The second-order valence-corrected chi connectivity index (χ2v) is 2.88. The average molecular weight is 202 g/mol. The number of hydrogen-bond donors (Lipinski definition) is 2. The minimum Gasteiger partial charge on any atom is -0.508 e. The van der Waals surface area contributed by atoms with Crippen molar-refractivity contribution in [1.29, 1.82) is 0 Å². The molecule has 76 valence electrons. The summed E-state index contributed by atoms with van der Waals surface area (Å²) < 4.78 is 26.1. The third kappa shape index (κ3) is 1.81. The van der Waals surface area contributed by atoms with Crippen LogP contribution in [0, 0.1) is 11.6 Å². The molecule has 1 aromatic carbocycles. The van der Waals surface area contributed by atoms with Crippen LogP contribution in [0.15, 0.2) is 12.1 Å². The van der Waals surface area contributed by atoms with E-state index < -0.39 is 34.8 Å². The second kappa shape index (κ2) is 3.61. The Morgan fingerprint density at radius 1 is 1.36 bits per heavy atom. The van der Waals surface area contributed by atoms with Gasteiger partial charge in [-0.15, -0.1) is 0 Å². The lowest BCUT2D eigenvalue weighted by molar-refractivity contribution is -0.138. The summed E-state index contributed by atoms with van der Waals surface area (Å²) in [6, 6.07) is 1.36. The van der Waals surface area contributed by atoms with E-state index in [0.717, 1.165) is 0 Å². The standard InChI is InChI=1S/C9H8F2O3/c1-4(9(13)14)8-6(10)2-5(12)3-7(8)11/h2-4,12H,1H3,(H,13,14). The number of benzene rings is 1. The summed E-state index contributed by atoms with van der Waals surface area (Å²) >= 11 is 0. The number of carboxylic acids is 1. The lowest BCUT2D eigenvalue weighted by atomic mass is 10.00. The summed E-state index contributed by atoms with van der Waals surface area (Å²) in [5.74, 6) is -5.29. The van der Waals surface area contributed by atoms with Crippen LogP contribution in [0.5, 0.6) is 5.75 Å². The van der Waals surface area contributed by atoms with Gasteiger partial charge in [0, 0.05) is 17.7 Å². The van der Waals surface area contributed by atoms with E-state index in [0.29, 0.717) is 12.1 Å². The molecule has 2 N–H and O–H groups in total. The number of carbonyl (C=O) groups is 1. The van der Waals surface area contributed by atoms with Crippen LogP contribution in [-0.4, -0.2) is 16.2 Å². The minimum atomic E-state index is -1.33. The van der Waals surface area contributed by atoms with E-state index in [2.05, 4.69) is 0 Å². The number of aromatic hydroxyl groups is 1. The Kier molecular flexibility index (Phi) is 2.69. The molecular formula is C9H8F2O3. The highest BCUT2D eigenvalue weighted by Crippen LogP contribution is 2.26. The summed E-state index contributed by atoms with van der Waals surface area (Å²) in [5, 5.41) is 17.4. The van der Waals surface area contributed by atoms with E-state index in [1.807, 2.05) is 0 Å². The molecule has 14 heavy (non-hydrogen) atoms. The van der Waals surface area contributed by atoms with Crippen LogP contribution in [0.25, 0.3) is 0 Å². The van der Waals surface area contributed by atoms with Crippen LogP contribution >= 0.6 is 0 Å². The zero-order chi connectivity index (χ0) is 10.9. The number of aliphatic carboxylic acids is 1. The maximum absolute atomic E-state index is 13.1. The van der Waals surface area contributed by atoms with Crippen LogP contribution in [0.1, 0.15) is 18.4 Å². The van der Waals surface area contributed by atoms with E-state index in [1.165, 1.54) is 6.92 Å². The van der Waals surface area contributed by atoms with E-state index in [9.17, 15) is 13.6 Å². The van der Waals surface area contributed by atoms with Crippen LogP contribution in [0.4, 0.5) is 8.78 Å². The molecule has 0 aliphatic rings. The summed E-state index contributed by atoms with van der Waals surface area (Å²) in [7, 11) is 0. The molecule has 0 amide bonds. The zero-order valence-corrected chi connectivity index (χ0v) is 7.29. The average Bonchev–Trinajstić information content (AvgIpc) is 2.01. The lowest BCUT2D eigenvalue weighted by Crippen LogP contribution is -2.11. The van der Waals surface area contributed by atoms with Gasteiger partial charge in [0.2, 0.25) is 0 Å². The molecule has 0 saturated carbocycles. The van der Waals surface area contributed by atoms with Crippen LogP contribution in [0.2, 0.25) is 0 Å². The van der Waals surface area contributed by atoms with Crippen molar-refractivity contribution in [2.45, 2.75) is 12.8 Å². The van der Waals surface area contributed by atoms with Gasteiger partial charge in [0.15, 0.2) is 0 Å². The van der Waals surface area contributed by atoms with Crippen molar-refractivity contribution in [1.82, 2.24) is 0 Å². The Morgan fingerprint density at radius 2 is 1.79 bits per heavy atom. The molecule has 0 bridgehead atoms. The quantitative estimate of drug-likeness (QED) is 0.769. The highest BCUT2D eigenvalue weighted by Gasteiger charge is 2.22. The maximum atomic E-state index is 13.1. The van der Waals surface area contributed by atoms with Gasteiger partial charge in [-0.25, -0.2) is 8.78 Å². The molecule has 0 radical (unpaired) electrons. The topological polar surface area (TPSA) is 57.5 Å². The normalized spacial score (nSPS) is 12.5. The first-order valence-corrected chi connectivity index (χ1v) is 3.84. The lowest BCUT2D eigenvalue weighted by Gasteiger charge is -2.09. The molecule has 0 aromatic heterocycles. The number of hydrogen-bond acceptors (Lipinski definition) is 2. The second-order valence-electron chi connectivity index (χ2n) is 2.88. The highest BCUT2D eigenvalue weighted by molar-refractivity contribution is 5.75. The molecule has 1 rings (SSSR count). The molecule has 0 heterocycles. The smallest absolute Gasteiger partial charge is 0.310 e. The van der Waals surface area contributed by atoms with Crippen molar-refractivity contribution in [3.63, 3.8) is 0 Å². The van der Waals surface area contributed by atoms with E-state index in [4.69, 9.17) is 10.2 Å². The molecular weight excluding hydrogens is 194 g/mol. The van der Waals surface area contributed by atoms with Crippen LogP contribution < -0.4 is 0 Å². The maximum Gasteiger partial charge on any atom is 0.310 e. The van der Waals surface area contributed by atoms with E-state index in [1.54, 1.807) is 0 Å². The van der Waals surface area contributed by atoms with Crippen molar-refractivity contribution in [2.24, 2.45) is 0 Å². The molecule has 0 saturated heterocycles. The van der Waals surface area contributed by atoms with Gasteiger partial charge >= 0.3 is 5.97 Å². The van der Waals surface area contributed by atoms with Crippen molar-refractivity contribution in [2.75, 3.05) is 0 Å². The number of phenolic OH excluding ortho intramolecular Hbond substituents is 1. The molecule has 1 unspecified atom stereocenters. The van der Waals surface area contributed by atoms with Crippen molar-refractivity contribution in [3.05, 3.63) is 29.3 Å². The van der Waals surface area contributed by atoms with E-state index in [-0.39, 0.29) is 0 Å². The highest BCUT2D eigenvalue weighted by atomic mass is 19.1. The SMILES string of the molecule is CC(C(=O)O)c1c(F)cc(O)cc1F. The van der Waals surface area contributed by atoms with Gasteiger partial charge in [-0.3, -0.25) is 4.79 Å². The first-order chi connectivity index (χ1) is 6.43.